The number of aromatic amines is 1. The minimum absolute atomic E-state index is 0.0928. The van der Waals surface area contributed by atoms with Gasteiger partial charge in [0.25, 0.3) is 11.5 Å². The topological polar surface area (TPSA) is 75.3 Å². The zero-order chi connectivity index (χ0) is 25.9. The average Bonchev–Trinajstić information content (AvgIpc) is 3.25. The van der Waals surface area contributed by atoms with Gasteiger partial charge in [0.15, 0.2) is 0 Å². The van der Waals surface area contributed by atoms with Gasteiger partial charge in [-0.3, -0.25) is 14.6 Å². The molecule has 1 aromatic carbocycles. The summed E-state index contributed by atoms with van der Waals surface area (Å²) in [5.41, 5.74) is -1.57. The zero-order valence-electron chi connectivity index (χ0n) is 18.8. The molecule has 35 heavy (non-hydrogen) atoms. The molecule has 0 radical (unpaired) electrons. The van der Waals surface area contributed by atoms with Gasteiger partial charge in [0.05, 0.1) is 35.6 Å². The lowest BCUT2D eigenvalue weighted by atomic mass is 10.2. The van der Waals surface area contributed by atoms with E-state index in [0.717, 1.165) is 17.3 Å². The van der Waals surface area contributed by atoms with Gasteiger partial charge in [-0.1, -0.05) is 54.9 Å². The first-order valence-corrected chi connectivity index (χ1v) is 11.9. The molecule has 1 aliphatic rings. The maximum Gasteiger partial charge on any atom is 0.431 e. The maximum atomic E-state index is 13.4. The molecular weight excluding hydrogens is 526 g/mol. The van der Waals surface area contributed by atoms with Crippen LogP contribution in [0.2, 0.25) is 10.0 Å². The highest BCUT2D eigenvalue weighted by Gasteiger charge is 2.36. The van der Waals surface area contributed by atoms with Gasteiger partial charge in [0, 0.05) is 16.3 Å². The molecule has 0 aliphatic carbocycles. The van der Waals surface area contributed by atoms with Gasteiger partial charge < -0.3 is 14.6 Å². The number of methoxy groups -OCH3 is 1. The number of rotatable bonds is 4. The van der Waals surface area contributed by atoms with Crippen molar-refractivity contribution in [2.45, 2.75) is 42.9 Å². The summed E-state index contributed by atoms with van der Waals surface area (Å²) >= 11 is 13.1. The van der Waals surface area contributed by atoms with Crippen molar-refractivity contribution in [1.82, 2.24) is 14.9 Å². The molecule has 0 spiro atoms. The van der Waals surface area contributed by atoms with Gasteiger partial charge in [0.2, 0.25) is 0 Å². The van der Waals surface area contributed by atoms with Gasteiger partial charge in [-0.2, -0.15) is 13.2 Å². The second-order valence-corrected chi connectivity index (χ2v) is 8.91. The Hall–Kier alpha value is -2.69. The minimum Gasteiger partial charge on any atom is -0.495 e. The lowest BCUT2D eigenvalue weighted by Gasteiger charge is -2.18. The van der Waals surface area contributed by atoms with E-state index in [1.54, 1.807) is 17.1 Å². The number of fused-ring (bicyclic) bond motifs is 1. The first kappa shape index (κ1) is 26.9. The molecule has 3 aromatic rings. The van der Waals surface area contributed by atoms with Gasteiger partial charge >= 0.3 is 6.18 Å². The summed E-state index contributed by atoms with van der Waals surface area (Å²) in [6, 6.07) is 7.01. The van der Waals surface area contributed by atoms with Crippen molar-refractivity contribution in [1.29, 1.82) is 0 Å². The Kier molecular flexibility index (Phi) is 8.40. The molecule has 0 unspecified atom stereocenters. The molecular formula is C23H20Cl2F3N3O3S. The minimum atomic E-state index is -4.83. The van der Waals surface area contributed by atoms with Crippen molar-refractivity contribution in [2.75, 3.05) is 7.11 Å². The number of carbonyl (C=O) groups excluding carboxylic acids is 1. The first-order chi connectivity index (χ1) is 16.6. The van der Waals surface area contributed by atoms with Gasteiger partial charge in [-0.25, -0.2) is 0 Å². The lowest BCUT2D eigenvalue weighted by Crippen LogP contribution is -2.33. The Morgan fingerprint density at radius 3 is 2.43 bits per heavy atom. The van der Waals surface area contributed by atoms with E-state index in [1.165, 1.54) is 30.3 Å². The molecule has 0 bridgehead atoms. The molecule has 3 heterocycles. The summed E-state index contributed by atoms with van der Waals surface area (Å²) < 4.78 is 45.3. The molecule has 1 N–H and O–H groups in total. The van der Waals surface area contributed by atoms with E-state index in [9.17, 15) is 22.8 Å². The standard InChI is InChI=1S/C21H14Cl2F3N3O3S.C2H6/c1-32-11-5-10-8-29(9-14(10)27-7-11)20(31)17-15(6-16(21(24,25)26)28-19(17)30)33-18-12(22)3-2-4-13(18)23;1-2/h2-7H,8-9H2,1H3,(H,28,30);1-2H3. The second kappa shape index (κ2) is 10.9. The normalized spacial score (nSPS) is 12.6. The molecule has 12 heteroatoms. The van der Waals surface area contributed by atoms with E-state index in [4.69, 9.17) is 27.9 Å². The predicted octanol–water partition coefficient (Wildman–Crippen LogP) is 6.44. The number of hydrogen-bond donors (Lipinski definition) is 1. The van der Waals surface area contributed by atoms with Crippen molar-refractivity contribution < 1.29 is 22.7 Å². The van der Waals surface area contributed by atoms with E-state index in [1.807, 2.05) is 13.8 Å². The number of pyridine rings is 2. The third kappa shape index (κ3) is 5.76. The van der Waals surface area contributed by atoms with E-state index >= 15 is 0 Å². The van der Waals surface area contributed by atoms with Crippen LogP contribution in [-0.2, 0) is 19.3 Å². The monoisotopic (exact) mass is 545 g/mol. The molecule has 0 fully saturated rings. The number of H-pyrrole nitrogens is 1. The van der Waals surface area contributed by atoms with Crippen molar-refractivity contribution in [3.05, 3.63) is 79.4 Å². The molecule has 4 rings (SSSR count). The summed E-state index contributed by atoms with van der Waals surface area (Å²) in [6.45, 7) is 4.21. The zero-order valence-corrected chi connectivity index (χ0v) is 21.1. The fourth-order valence-electron chi connectivity index (χ4n) is 3.31. The third-order valence-corrected chi connectivity index (χ3v) is 6.95. The largest absolute Gasteiger partial charge is 0.495 e. The first-order valence-electron chi connectivity index (χ1n) is 10.4. The summed E-state index contributed by atoms with van der Waals surface area (Å²) in [5.74, 6) is -0.243. The number of nitrogens with zero attached hydrogens (tertiary/aromatic N) is 2. The van der Waals surface area contributed by atoms with Crippen LogP contribution in [0.3, 0.4) is 0 Å². The predicted molar refractivity (Wildman–Crippen MR) is 128 cm³/mol. The highest BCUT2D eigenvalue weighted by atomic mass is 35.5. The molecule has 0 saturated carbocycles. The van der Waals surface area contributed by atoms with Gasteiger partial charge in [-0.05, 0) is 29.8 Å². The Bertz CT molecular complexity index is 1300. The fourth-order valence-corrected chi connectivity index (χ4v) is 4.95. The number of amides is 1. The van der Waals surface area contributed by atoms with E-state index in [0.29, 0.717) is 17.5 Å². The van der Waals surface area contributed by atoms with Crippen LogP contribution >= 0.6 is 35.0 Å². The summed E-state index contributed by atoms with van der Waals surface area (Å²) in [4.78, 5) is 33.4. The van der Waals surface area contributed by atoms with Crippen LogP contribution in [-0.4, -0.2) is 27.9 Å². The van der Waals surface area contributed by atoms with Crippen LogP contribution in [0.25, 0.3) is 0 Å². The molecule has 0 saturated heterocycles. The highest BCUT2D eigenvalue weighted by molar-refractivity contribution is 7.99. The van der Waals surface area contributed by atoms with Crippen molar-refractivity contribution in [3.63, 3.8) is 0 Å². The van der Waals surface area contributed by atoms with E-state index in [-0.39, 0.29) is 32.9 Å². The number of hydrogen-bond acceptors (Lipinski definition) is 5. The molecule has 0 atom stereocenters. The third-order valence-electron chi connectivity index (χ3n) is 4.91. The van der Waals surface area contributed by atoms with Crippen LogP contribution < -0.4 is 10.3 Å². The number of halogens is 5. The number of carbonyl (C=O) groups is 1. The van der Waals surface area contributed by atoms with E-state index in [2.05, 4.69) is 4.98 Å². The van der Waals surface area contributed by atoms with Crippen LogP contribution in [0.5, 0.6) is 5.75 Å². The maximum absolute atomic E-state index is 13.4. The molecule has 186 valence electrons. The fraction of sp³-hybridized carbons (Fsp3) is 0.261. The molecule has 1 aliphatic heterocycles. The number of aromatic nitrogens is 2. The Morgan fingerprint density at radius 2 is 1.83 bits per heavy atom. The summed E-state index contributed by atoms with van der Waals surface area (Å²) in [5, 5.41) is 0.342. The van der Waals surface area contributed by atoms with Crippen molar-refractivity contribution in [2.24, 2.45) is 0 Å². The summed E-state index contributed by atoms with van der Waals surface area (Å²) in [7, 11) is 1.48. The number of nitrogens with one attached hydrogen (secondary N) is 1. The van der Waals surface area contributed by atoms with Crippen LogP contribution in [0.4, 0.5) is 13.2 Å². The number of ether oxygens (including phenoxy) is 1. The number of benzene rings is 1. The van der Waals surface area contributed by atoms with Crippen LogP contribution in [0.15, 0.2) is 51.1 Å². The average molecular weight is 546 g/mol. The molecule has 1 amide bonds. The molecule has 6 nitrogen and oxygen atoms in total. The Morgan fingerprint density at radius 1 is 1.17 bits per heavy atom. The van der Waals surface area contributed by atoms with Crippen molar-refractivity contribution >= 4 is 40.9 Å². The van der Waals surface area contributed by atoms with Crippen LogP contribution in [0, 0.1) is 0 Å². The smallest absolute Gasteiger partial charge is 0.431 e. The second-order valence-electron chi connectivity index (χ2n) is 7.04. The number of alkyl halides is 3. The van der Waals surface area contributed by atoms with Gasteiger partial charge in [0.1, 0.15) is 17.0 Å². The SMILES string of the molecule is CC.COc1cnc2c(c1)CN(C(=O)c1c(Sc3c(Cl)cccc3Cl)cc(C(F)(F)F)[nH]c1=O)C2. The van der Waals surface area contributed by atoms with E-state index < -0.39 is 28.9 Å². The quantitative estimate of drug-likeness (QED) is 0.408. The highest BCUT2D eigenvalue weighted by Crippen LogP contribution is 2.41. The Labute approximate surface area is 213 Å². The lowest BCUT2D eigenvalue weighted by molar-refractivity contribution is -0.141. The molecule has 2 aromatic heterocycles. The van der Waals surface area contributed by atoms with Crippen molar-refractivity contribution in [3.8, 4) is 5.75 Å². The summed E-state index contributed by atoms with van der Waals surface area (Å²) in [6.07, 6.45) is -3.33. The van der Waals surface area contributed by atoms with Crippen LogP contribution in [0.1, 0.15) is 41.2 Å². The van der Waals surface area contributed by atoms with Gasteiger partial charge in [-0.15, -0.1) is 0 Å². The Balaban J connectivity index is 0.00000167.